The number of hydrogen-bond donors (Lipinski definition) is 4. The van der Waals surface area contributed by atoms with Crippen LogP contribution in [0.2, 0.25) is 0 Å². The van der Waals surface area contributed by atoms with E-state index >= 15 is 0 Å². The van der Waals surface area contributed by atoms with Crippen molar-refractivity contribution in [3.05, 3.63) is 36.5 Å². The van der Waals surface area contributed by atoms with Gasteiger partial charge in [-0.1, -0.05) is 121 Å². The first-order valence-corrected chi connectivity index (χ1v) is 23.2. The second kappa shape index (κ2) is 33.8. The number of esters is 2. The van der Waals surface area contributed by atoms with E-state index in [0.29, 0.717) is 12.8 Å². The predicted octanol–water partition coefficient (Wildman–Crippen LogP) is 8.22. The Morgan fingerprint density at radius 2 is 1.07 bits per heavy atom. The third kappa shape index (κ3) is 28.3. The highest BCUT2D eigenvalue weighted by atomic mass is 32.2. The van der Waals surface area contributed by atoms with E-state index in [-0.39, 0.29) is 19.4 Å². The summed E-state index contributed by atoms with van der Waals surface area (Å²) < 4.78 is 53.9. The van der Waals surface area contributed by atoms with Crippen LogP contribution in [0.3, 0.4) is 0 Å². The number of unbranched alkanes of at least 4 members (excludes halogenated alkanes) is 17. The lowest BCUT2D eigenvalue weighted by atomic mass is 10.00. The summed E-state index contributed by atoms with van der Waals surface area (Å²) in [5.74, 6) is -2.02. The number of carbonyl (C=O) groups excluding carboxylic acids is 2. The number of aliphatic hydroxyl groups is 3. The van der Waals surface area contributed by atoms with Crippen molar-refractivity contribution in [3.8, 4) is 0 Å². The van der Waals surface area contributed by atoms with Crippen LogP contribution < -0.4 is 0 Å². The number of allylic oxidation sites excluding steroid dienone is 6. The molecule has 2 unspecified atom stereocenters. The Bertz CT molecular complexity index is 1190. The largest absolute Gasteiger partial charge is 0.462 e. The second-order valence-electron chi connectivity index (χ2n) is 15.0. The van der Waals surface area contributed by atoms with Crippen molar-refractivity contribution in [1.82, 2.24) is 0 Å². The normalized spacial score (nSPS) is 21.0. The molecule has 0 aromatic carbocycles. The van der Waals surface area contributed by atoms with E-state index in [0.717, 1.165) is 70.6 Å². The molecule has 13 heteroatoms. The minimum absolute atomic E-state index is 0.141. The van der Waals surface area contributed by atoms with Gasteiger partial charge in [-0.05, 0) is 70.6 Å². The molecule has 1 aliphatic rings. The van der Waals surface area contributed by atoms with Crippen LogP contribution in [0.5, 0.6) is 0 Å². The molecule has 326 valence electrons. The van der Waals surface area contributed by atoms with Crippen molar-refractivity contribution in [3.63, 3.8) is 0 Å². The van der Waals surface area contributed by atoms with Crippen molar-refractivity contribution in [2.45, 2.75) is 205 Å². The quantitative estimate of drug-likeness (QED) is 0.0208. The van der Waals surface area contributed by atoms with Crippen LogP contribution in [-0.4, -0.2) is 96.0 Å². The number of aliphatic hydroxyl groups excluding tert-OH is 3. The maximum absolute atomic E-state index is 12.8. The highest BCUT2D eigenvalue weighted by molar-refractivity contribution is 7.85. The molecule has 1 saturated heterocycles. The summed E-state index contributed by atoms with van der Waals surface area (Å²) in [7, 11) is -4.60. The lowest BCUT2D eigenvalue weighted by molar-refractivity contribution is -0.297. The zero-order valence-corrected chi connectivity index (χ0v) is 35.3. The molecule has 0 amide bonds. The van der Waals surface area contributed by atoms with Gasteiger partial charge in [-0.15, -0.1) is 0 Å². The van der Waals surface area contributed by atoms with Crippen molar-refractivity contribution in [2.24, 2.45) is 0 Å². The molecule has 0 radical (unpaired) electrons. The Kier molecular flexibility index (Phi) is 31.3. The van der Waals surface area contributed by atoms with Crippen molar-refractivity contribution in [2.75, 3.05) is 19.0 Å². The van der Waals surface area contributed by atoms with Gasteiger partial charge in [0.1, 0.15) is 36.8 Å². The van der Waals surface area contributed by atoms with E-state index in [9.17, 15) is 37.9 Å². The van der Waals surface area contributed by atoms with Crippen LogP contribution in [0.4, 0.5) is 0 Å². The van der Waals surface area contributed by atoms with Crippen LogP contribution in [0.25, 0.3) is 0 Å². The molecule has 1 rings (SSSR count). The molecule has 1 heterocycles. The predicted molar refractivity (Wildman–Crippen MR) is 219 cm³/mol. The van der Waals surface area contributed by atoms with Crippen LogP contribution in [0, 0.1) is 0 Å². The summed E-state index contributed by atoms with van der Waals surface area (Å²) in [6.45, 7) is 3.68. The van der Waals surface area contributed by atoms with E-state index in [1.54, 1.807) is 0 Å². The average molecular weight is 817 g/mol. The second-order valence-corrected chi connectivity index (χ2v) is 16.5. The number of rotatable bonds is 35. The topological polar surface area (TPSA) is 186 Å². The molecule has 4 N–H and O–H groups in total. The van der Waals surface area contributed by atoms with Gasteiger partial charge in [0.2, 0.25) is 0 Å². The smallest absolute Gasteiger partial charge is 0.306 e. The molecule has 1 fully saturated rings. The standard InChI is InChI=1S/C43H76O12S/c1-3-5-7-9-11-13-15-17-18-20-21-23-25-27-29-31-38(44)52-33-36(34-53-43-42(48)41(47)40(46)37(55-43)35-56(49,50)51)54-39(45)32-30-28-26-24-22-19-16-14-12-10-8-6-4-2/h11,13,17-19,22,36-37,40-43,46-48H,3-10,12,14-16,20-21,23-35H2,1-2H3,(H,49,50,51)/b13-11+,18-17+,22-19+/t36-,37-,40-,41?,42?,43+/m1/s1. The first-order chi connectivity index (χ1) is 27.0. The molecule has 0 aliphatic carbocycles. The minimum Gasteiger partial charge on any atom is -0.462 e. The van der Waals surface area contributed by atoms with Crippen molar-refractivity contribution < 1.29 is 56.8 Å². The fourth-order valence-corrected chi connectivity index (χ4v) is 6.98. The van der Waals surface area contributed by atoms with Crippen LogP contribution >= 0.6 is 0 Å². The Balaban J connectivity index is 2.50. The molecule has 0 aromatic rings. The van der Waals surface area contributed by atoms with Gasteiger partial charge in [-0.3, -0.25) is 14.1 Å². The van der Waals surface area contributed by atoms with Crippen LogP contribution in [0.15, 0.2) is 36.5 Å². The van der Waals surface area contributed by atoms with Gasteiger partial charge in [0.15, 0.2) is 12.4 Å². The molecule has 12 nitrogen and oxygen atoms in total. The number of hydrogen-bond acceptors (Lipinski definition) is 11. The maximum Gasteiger partial charge on any atom is 0.306 e. The Morgan fingerprint density at radius 1 is 0.607 bits per heavy atom. The van der Waals surface area contributed by atoms with E-state index in [1.807, 2.05) is 0 Å². The molecule has 0 aromatic heterocycles. The van der Waals surface area contributed by atoms with Gasteiger partial charge >= 0.3 is 11.9 Å². The molecule has 1 aliphatic heterocycles. The molecule has 0 bridgehead atoms. The maximum atomic E-state index is 12.8. The summed E-state index contributed by atoms with van der Waals surface area (Å²) in [5.41, 5.74) is 0. The number of carbonyl (C=O) groups is 2. The van der Waals surface area contributed by atoms with Crippen molar-refractivity contribution in [1.29, 1.82) is 0 Å². The van der Waals surface area contributed by atoms with E-state index in [2.05, 4.69) is 50.3 Å². The zero-order valence-electron chi connectivity index (χ0n) is 34.5. The number of ether oxygens (including phenoxy) is 4. The van der Waals surface area contributed by atoms with E-state index < -0.39 is 71.2 Å². The SMILES string of the molecule is CCCCC/C=C/C/C=C/CCCCCCCC(=O)OC[C@H](CO[C@H]1O[C@H](CS(=O)(=O)O)[C@@H](O)C(O)C1O)OC(=O)CCCCC/C=C/CCCCCCCC. The summed E-state index contributed by atoms with van der Waals surface area (Å²) >= 11 is 0. The fourth-order valence-electron chi connectivity index (χ4n) is 6.29. The van der Waals surface area contributed by atoms with Crippen LogP contribution in [0.1, 0.15) is 168 Å². The van der Waals surface area contributed by atoms with Gasteiger partial charge in [0.05, 0.1) is 6.61 Å². The molecular formula is C43H76O12S. The fraction of sp³-hybridized carbons (Fsp3) is 0.814. The zero-order chi connectivity index (χ0) is 41.3. The molecular weight excluding hydrogens is 741 g/mol. The highest BCUT2D eigenvalue weighted by Crippen LogP contribution is 2.24. The van der Waals surface area contributed by atoms with Gasteiger partial charge in [-0.25, -0.2) is 0 Å². The molecule has 0 saturated carbocycles. The Labute approximate surface area is 338 Å². The lowest BCUT2D eigenvalue weighted by Gasteiger charge is -2.40. The van der Waals surface area contributed by atoms with Crippen LogP contribution in [-0.2, 0) is 38.7 Å². The first kappa shape index (κ1) is 51.9. The summed E-state index contributed by atoms with van der Waals surface area (Å²) in [6, 6.07) is 0. The summed E-state index contributed by atoms with van der Waals surface area (Å²) in [5, 5.41) is 30.8. The third-order valence-corrected chi connectivity index (χ3v) is 10.4. The molecule has 6 atom stereocenters. The lowest BCUT2D eigenvalue weighted by Crippen LogP contribution is -2.60. The van der Waals surface area contributed by atoms with E-state index in [1.165, 1.54) is 57.8 Å². The van der Waals surface area contributed by atoms with Gasteiger partial charge < -0.3 is 34.3 Å². The Hall–Kier alpha value is -2.13. The summed E-state index contributed by atoms with van der Waals surface area (Å²) in [6.07, 6.45) is 27.6. The average Bonchev–Trinajstić information content (AvgIpc) is 3.16. The minimum atomic E-state index is -4.60. The van der Waals surface area contributed by atoms with Gasteiger partial charge in [0.25, 0.3) is 10.1 Å². The van der Waals surface area contributed by atoms with Gasteiger partial charge in [-0.2, -0.15) is 8.42 Å². The van der Waals surface area contributed by atoms with E-state index in [4.69, 9.17) is 18.9 Å². The van der Waals surface area contributed by atoms with Gasteiger partial charge in [0, 0.05) is 12.8 Å². The summed E-state index contributed by atoms with van der Waals surface area (Å²) in [4.78, 5) is 25.3. The highest BCUT2D eigenvalue weighted by Gasteiger charge is 2.46. The molecule has 56 heavy (non-hydrogen) atoms. The Morgan fingerprint density at radius 3 is 1.64 bits per heavy atom. The third-order valence-electron chi connectivity index (χ3n) is 9.69. The molecule has 0 spiro atoms. The first-order valence-electron chi connectivity index (χ1n) is 21.5. The van der Waals surface area contributed by atoms with Crippen molar-refractivity contribution >= 4 is 22.1 Å². The monoisotopic (exact) mass is 817 g/mol.